The predicted octanol–water partition coefficient (Wildman–Crippen LogP) is -0.671. The molecule has 0 heterocycles. The summed E-state index contributed by atoms with van der Waals surface area (Å²) in [5.74, 6) is -1.30. The number of nitrogens with two attached hydrogens (primary N) is 2. The van der Waals surface area contributed by atoms with E-state index in [0.717, 1.165) is 6.42 Å². The van der Waals surface area contributed by atoms with Crippen LogP contribution in [0.15, 0.2) is 36.1 Å². The highest BCUT2D eigenvalue weighted by Crippen LogP contribution is 2.19. The summed E-state index contributed by atoms with van der Waals surface area (Å²) in [6, 6.07) is -0.808. The van der Waals surface area contributed by atoms with Crippen molar-refractivity contribution in [2.24, 2.45) is 11.7 Å². The van der Waals surface area contributed by atoms with E-state index < -0.39 is 24.0 Å². The third-order valence-electron chi connectivity index (χ3n) is 3.43. The molecule has 0 radical (unpaired) electrons. The average Bonchev–Trinajstić information content (AvgIpc) is 2.51. The Morgan fingerprint density at radius 2 is 2.26 bits per heavy atom. The van der Waals surface area contributed by atoms with Crippen molar-refractivity contribution < 1.29 is 20.0 Å². The van der Waals surface area contributed by atoms with Crippen LogP contribution in [0.3, 0.4) is 0 Å². The summed E-state index contributed by atoms with van der Waals surface area (Å²) < 4.78 is 0.0750. The van der Waals surface area contributed by atoms with Gasteiger partial charge in [0.05, 0.1) is 13.1 Å². The molecule has 7 nitrogen and oxygen atoms in total. The van der Waals surface area contributed by atoms with Crippen molar-refractivity contribution in [1.82, 2.24) is 5.32 Å². The minimum atomic E-state index is -1.48. The molecule has 1 aliphatic carbocycles. The van der Waals surface area contributed by atoms with E-state index in [1.54, 1.807) is 35.0 Å². The van der Waals surface area contributed by atoms with Crippen molar-refractivity contribution in [3.05, 3.63) is 36.1 Å². The third-order valence-corrected chi connectivity index (χ3v) is 4.01. The molecule has 0 saturated heterocycles. The lowest BCUT2D eigenvalue weighted by Gasteiger charge is -2.26. The number of aliphatic hydroxyl groups is 1. The molecule has 2 amide bonds. The monoisotopic (exact) mass is 433 g/mol. The van der Waals surface area contributed by atoms with Gasteiger partial charge in [-0.3, -0.25) is 15.0 Å². The zero-order valence-corrected chi connectivity index (χ0v) is 15.0. The number of nitrogens with one attached hydrogen (secondary N) is 2. The molecule has 1 aliphatic rings. The molecule has 3 atom stereocenters. The van der Waals surface area contributed by atoms with E-state index in [2.05, 4.69) is 5.32 Å². The van der Waals surface area contributed by atoms with Crippen LogP contribution in [-0.2, 0) is 9.59 Å². The Kier molecular flexibility index (Phi) is 8.13. The van der Waals surface area contributed by atoms with Gasteiger partial charge in [-0.2, -0.15) is 0 Å². The summed E-state index contributed by atoms with van der Waals surface area (Å²) in [4.78, 5) is 23.6. The maximum Gasteiger partial charge on any atom is 0.259 e. The Balaban J connectivity index is 2.87. The molecule has 3 unspecified atom stereocenters. The zero-order valence-electron chi connectivity index (χ0n) is 12.8. The van der Waals surface area contributed by atoms with Crippen LogP contribution >= 0.6 is 22.6 Å². The Morgan fingerprint density at radius 3 is 2.74 bits per heavy atom. The molecule has 0 aromatic heterocycles. The maximum atomic E-state index is 12.3. The van der Waals surface area contributed by atoms with Crippen LogP contribution in [0.5, 0.6) is 0 Å². The van der Waals surface area contributed by atoms with Gasteiger partial charge in [-0.05, 0) is 41.4 Å². The fraction of sp³-hybridized carbons (Fsp3) is 0.400. The Morgan fingerprint density at radius 1 is 1.57 bits per heavy atom. The number of halogens is 1. The van der Waals surface area contributed by atoms with Gasteiger partial charge in [0.2, 0.25) is 5.91 Å². The maximum absolute atomic E-state index is 12.3. The molecular weight excluding hydrogens is 411 g/mol. The summed E-state index contributed by atoms with van der Waals surface area (Å²) in [6.07, 6.45) is 8.94. The van der Waals surface area contributed by atoms with Crippen LogP contribution in [-0.4, -0.2) is 39.8 Å². The number of carbonyl (C=O) groups excluding carboxylic acids is 2. The van der Waals surface area contributed by atoms with Gasteiger partial charge < -0.3 is 21.5 Å². The van der Waals surface area contributed by atoms with Crippen LogP contribution in [0.4, 0.5) is 0 Å². The number of carbonyl (C=O) groups is 2. The summed E-state index contributed by atoms with van der Waals surface area (Å²) in [7, 11) is 1.74. The number of rotatable bonds is 8. The normalized spacial score (nSPS) is 20.0. The highest BCUT2D eigenvalue weighted by molar-refractivity contribution is 14.1. The topological polar surface area (TPSA) is 133 Å². The zero-order chi connectivity index (χ0) is 17.4. The van der Waals surface area contributed by atoms with E-state index >= 15 is 0 Å². The number of amides is 2. The molecule has 0 spiro atoms. The Hall–Kier alpha value is -1.52. The summed E-state index contributed by atoms with van der Waals surface area (Å²) in [5.41, 5.74) is 5.35. The van der Waals surface area contributed by atoms with Gasteiger partial charge in [-0.25, -0.2) is 0 Å². The van der Waals surface area contributed by atoms with Crippen LogP contribution in [0.2, 0.25) is 0 Å². The molecule has 23 heavy (non-hydrogen) atoms. The number of allylic oxidation sites excluding steroid dienone is 4. The molecule has 8 heteroatoms. The molecule has 0 aromatic carbocycles. The van der Waals surface area contributed by atoms with E-state index in [4.69, 9.17) is 11.1 Å². The minimum Gasteiger partial charge on any atom is -0.381 e. The first-order valence-electron chi connectivity index (χ1n) is 7.22. The van der Waals surface area contributed by atoms with Crippen LogP contribution < -0.4 is 16.4 Å². The van der Waals surface area contributed by atoms with Crippen LogP contribution in [0, 0.1) is 11.3 Å². The van der Waals surface area contributed by atoms with Crippen molar-refractivity contribution >= 4 is 38.1 Å². The second kappa shape index (κ2) is 9.58. The second-order valence-electron chi connectivity index (χ2n) is 5.20. The highest BCUT2D eigenvalue weighted by Gasteiger charge is 2.29. The van der Waals surface area contributed by atoms with Crippen molar-refractivity contribution in [3.63, 3.8) is 0 Å². The first-order chi connectivity index (χ1) is 10.9. The molecule has 7 N–H and O–H groups in total. The molecule has 0 aromatic rings. The fourth-order valence-electron chi connectivity index (χ4n) is 2.26. The molecule has 1 rings (SSSR count). The summed E-state index contributed by atoms with van der Waals surface area (Å²) in [6.45, 7) is 0. The van der Waals surface area contributed by atoms with Crippen molar-refractivity contribution in [1.29, 1.82) is 5.41 Å². The van der Waals surface area contributed by atoms with Crippen LogP contribution in [0.1, 0.15) is 12.8 Å². The summed E-state index contributed by atoms with van der Waals surface area (Å²) >= 11 is 1.74. The Labute approximate surface area is 148 Å². The van der Waals surface area contributed by atoms with E-state index in [9.17, 15) is 14.7 Å². The van der Waals surface area contributed by atoms with Crippen molar-refractivity contribution in [2.45, 2.75) is 25.0 Å². The fourth-order valence-corrected chi connectivity index (χ4v) is 2.68. The lowest BCUT2D eigenvalue weighted by molar-refractivity contribution is -0.556. The SMILES string of the molecule is C[NH2+]C=C(C(=N)I)C(=O)NC(CC1C=CC=CC1)C(O)C(N)=O. The molecule has 126 valence electrons. The molecule has 0 bridgehead atoms. The number of aliphatic hydroxyl groups excluding tert-OH is 1. The Bertz CT molecular complexity index is 557. The van der Waals surface area contributed by atoms with Crippen LogP contribution in [0.25, 0.3) is 0 Å². The molecule has 0 aliphatic heterocycles. The van der Waals surface area contributed by atoms with E-state index in [1.807, 2.05) is 24.3 Å². The smallest absolute Gasteiger partial charge is 0.259 e. The van der Waals surface area contributed by atoms with E-state index in [0.29, 0.717) is 6.42 Å². The second-order valence-corrected chi connectivity index (χ2v) is 6.28. The lowest BCUT2D eigenvalue weighted by atomic mass is 9.90. The highest BCUT2D eigenvalue weighted by atomic mass is 127. The molecular formula is C15H22IN4O3+. The van der Waals surface area contributed by atoms with Gasteiger partial charge in [-0.1, -0.05) is 24.3 Å². The first kappa shape index (κ1) is 19.5. The molecule has 0 saturated carbocycles. The number of hydrogen-bond acceptors (Lipinski definition) is 4. The predicted molar refractivity (Wildman–Crippen MR) is 95.8 cm³/mol. The van der Waals surface area contributed by atoms with E-state index in [1.165, 1.54) is 6.20 Å². The number of quaternary nitrogens is 1. The van der Waals surface area contributed by atoms with Crippen molar-refractivity contribution in [2.75, 3.05) is 7.05 Å². The van der Waals surface area contributed by atoms with Gasteiger partial charge in [0.25, 0.3) is 5.91 Å². The number of primary amides is 1. The van der Waals surface area contributed by atoms with Gasteiger partial charge in [0.15, 0.2) is 6.10 Å². The van der Waals surface area contributed by atoms with Gasteiger partial charge in [0.1, 0.15) is 15.5 Å². The van der Waals surface area contributed by atoms with Gasteiger partial charge in [-0.15, -0.1) is 0 Å². The summed E-state index contributed by atoms with van der Waals surface area (Å²) in [5, 5.41) is 21.9. The standard InChI is InChI=1S/C15H21IN4O3/c1-19-8-10(13(16)17)15(23)20-11(12(21)14(18)22)7-9-5-3-2-4-6-9/h2-5,8-9,11-12,17,19,21H,6-7H2,1H3,(H2,18,22)(H,20,23)/p+1. The van der Waals surface area contributed by atoms with Crippen molar-refractivity contribution in [3.8, 4) is 0 Å². The number of hydrogen-bond donors (Lipinski definition) is 5. The van der Waals surface area contributed by atoms with E-state index in [-0.39, 0.29) is 15.2 Å². The van der Waals surface area contributed by atoms with Gasteiger partial charge >= 0.3 is 0 Å². The molecule has 0 fully saturated rings. The first-order valence-corrected chi connectivity index (χ1v) is 8.30. The largest absolute Gasteiger partial charge is 0.381 e. The van der Waals surface area contributed by atoms with Gasteiger partial charge in [0, 0.05) is 0 Å². The third kappa shape index (κ3) is 6.24. The minimum absolute atomic E-state index is 0.0750. The average molecular weight is 433 g/mol. The lowest BCUT2D eigenvalue weighted by Crippen LogP contribution is -2.73. The quantitative estimate of drug-likeness (QED) is 0.198.